The maximum atomic E-state index is 12.0. The van der Waals surface area contributed by atoms with Gasteiger partial charge in [0.1, 0.15) is 0 Å². The highest BCUT2D eigenvalue weighted by Gasteiger charge is 2.20. The molecule has 2 N–H and O–H groups in total. The van der Waals surface area contributed by atoms with Gasteiger partial charge in [-0.05, 0) is 42.9 Å². The number of hydrogen-bond donors (Lipinski definition) is 2. The van der Waals surface area contributed by atoms with Crippen LogP contribution in [0.25, 0.3) is 0 Å². The lowest BCUT2D eigenvalue weighted by atomic mass is 9.97. The van der Waals surface area contributed by atoms with Gasteiger partial charge in [0.15, 0.2) is 0 Å². The molecule has 1 heterocycles. The Labute approximate surface area is 122 Å². The molecule has 1 aromatic rings. The summed E-state index contributed by atoms with van der Waals surface area (Å²) in [5.41, 5.74) is 2.55. The molecule has 2 rings (SSSR count). The molecular formula is C17H26N2O. The Balaban J connectivity index is 1.82. The van der Waals surface area contributed by atoms with Crippen molar-refractivity contribution in [2.45, 2.75) is 45.6 Å². The average Bonchev–Trinajstić information content (AvgIpc) is 2.53. The molecule has 0 saturated carbocycles. The van der Waals surface area contributed by atoms with Gasteiger partial charge < -0.3 is 10.6 Å². The van der Waals surface area contributed by atoms with E-state index in [4.69, 9.17) is 0 Å². The van der Waals surface area contributed by atoms with Crippen LogP contribution in [0.15, 0.2) is 24.3 Å². The second-order valence-corrected chi connectivity index (χ2v) is 5.81. The van der Waals surface area contributed by atoms with Crippen LogP contribution in [0.5, 0.6) is 0 Å². The monoisotopic (exact) mass is 274 g/mol. The molecular weight excluding hydrogens is 248 g/mol. The van der Waals surface area contributed by atoms with E-state index in [2.05, 4.69) is 48.7 Å². The lowest BCUT2D eigenvalue weighted by molar-refractivity contribution is -0.125. The predicted molar refractivity (Wildman–Crippen MR) is 82.6 cm³/mol. The smallest absolute Gasteiger partial charge is 0.224 e. The molecule has 20 heavy (non-hydrogen) atoms. The van der Waals surface area contributed by atoms with Gasteiger partial charge in [-0.2, -0.15) is 0 Å². The molecule has 110 valence electrons. The zero-order chi connectivity index (χ0) is 14.4. The number of hydrogen-bond acceptors (Lipinski definition) is 2. The summed E-state index contributed by atoms with van der Waals surface area (Å²) in [6.45, 7) is 6.94. The van der Waals surface area contributed by atoms with Gasteiger partial charge in [0.2, 0.25) is 5.91 Å². The SMILES string of the molecule is CCC(C)c1ccc(CNC(=O)C2CCCNC2)cc1. The van der Waals surface area contributed by atoms with Crippen molar-refractivity contribution >= 4 is 5.91 Å². The van der Waals surface area contributed by atoms with E-state index in [-0.39, 0.29) is 11.8 Å². The number of carbonyl (C=O) groups is 1. The Hall–Kier alpha value is -1.35. The van der Waals surface area contributed by atoms with Crippen LogP contribution in [0.3, 0.4) is 0 Å². The van der Waals surface area contributed by atoms with Crippen molar-refractivity contribution in [1.29, 1.82) is 0 Å². The number of nitrogens with one attached hydrogen (secondary N) is 2. The van der Waals surface area contributed by atoms with E-state index in [0.29, 0.717) is 12.5 Å². The Morgan fingerprint density at radius 1 is 1.40 bits per heavy atom. The standard InChI is InChI=1S/C17H26N2O/c1-3-13(2)15-8-6-14(7-9-15)11-19-17(20)16-5-4-10-18-12-16/h6-9,13,16,18H,3-5,10-12H2,1-2H3,(H,19,20). The van der Waals surface area contributed by atoms with Crippen LogP contribution in [0.4, 0.5) is 0 Å². The molecule has 3 nitrogen and oxygen atoms in total. The van der Waals surface area contributed by atoms with E-state index in [1.807, 2.05) is 0 Å². The lowest BCUT2D eigenvalue weighted by Gasteiger charge is -2.22. The first-order valence-electron chi connectivity index (χ1n) is 7.78. The van der Waals surface area contributed by atoms with Gasteiger partial charge >= 0.3 is 0 Å². The first-order chi connectivity index (χ1) is 9.70. The molecule has 2 unspecified atom stereocenters. The molecule has 0 aliphatic carbocycles. The zero-order valence-corrected chi connectivity index (χ0v) is 12.6. The summed E-state index contributed by atoms with van der Waals surface area (Å²) >= 11 is 0. The fraction of sp³-hybridized carbons (Fsp3) is 0.588. The largest absolute Gasteiger partial charge is 0.352 e. The summed E-state index contributed by atoms with van der Waals surface area (Å²) in [5.74, 6) is 0.929. The normalized spacial score (nSPS) is 20.4. The van der Waals surface area contributed by atoms with E-state index < -0.39 is 0 Å². The van der Waals surface area contributed by atoms with Gasteiger partial charge in [-0.1, -0.05) is 38.1 Å². The predicted octanol–water partition coefficient (Wildman–Crippen LogP) is 2.82. The molecule has 1 aliphatic rings. The van der Waals surface area contributed by atoms with E-state index in [0.717, 1.165) is 32.4 Å². The molecule has 1 aromatic carbocycles. The number of piperidine rings is 1. The van der Waals surface area contributed by atoms with Crippen molar-refractivity contribution < 1.29 is 4.79 Å². The van der Waals surface area contributed by atoms with Gasteiger partial charge in [-0.25, -0.2) is 0 Å². The van der Waals surface area contributed by atoms with E-state index in [9.17, 15) is 4.79 Å². The Morgan fingerprint density at radius 2 is 2.15 bits per heavy atom. The first kappa shape index (κ1) is 15.0. The molecule has 0 aromatic heterocycles. The minimum absolute atomic E-state index is 0.142. The van der Waals surface area contributed by atoms with Crippen LogP contribution in [0.2, 0.25) is 0 Å². The van der Waals surface area contributed by atoms with Gasteiger partial charge in [0.05, 0.1) is 5.92 Å². The first-order valence-corrected chi connectivity index (χ1v) is 7.78. The van der Waals surface area contributed by atoms with Crippen LogP contribution in [-0.4, -0.2) is 19.0 Å². The van der Waals surface area contributed by atoms with Gasteiger partial charge in [-0.15, -0.1) is 0 Å². The third-order valence-corrected chi connectivity index (χ3v) is 4.30. The van der Waals surface area contributed by atoms with Crippen LogP contribution in [0, 0.1) is 5.92 Å². The fourth-order valence-corrected chi connectivity index (χ4v) is 2.61. The van der Waals surface area contributed by atoms with Crippen molar-refractivity contribution in [3.05, 3.63) is 35.4 Å². The van der Waals surface area contributed by atoms with E-state index >= 15 is 0 Å². The Kier molecular flexibility index (Phi) is 5.60. The Bertz CT molecular complexity index is 421. The molecule has 0 spiro atoms. The fourth-order valence-electron chi connectivity index (χ4n) is 2.61. The molecule has 3 heteroatoms. The van der Waals surface area contributed by atoms with E-state index in [1.165, 1.54) is 11.1 Å². The van der Waals surface area contributed by atoms with Gasteiger partial charge in [0, 0.05) is 13.1 Å². The maximum Gasteiger partial charge on any atom is 0.224 e. The van der Waals surface area contributed by atoms with Crippen LogP contribution < -0.4 is 10.6 Å². The average molecular weight is 274 g/mol. The molecule has 1 saturated heterocycles. The summed E-state index contributed by atoms with van der Waals surface area (Å²) in [5, 5.41) is 6.33. The molecule has 1 fully saturated rings. The van der Waals surface area contributed by atoms with Crippen LogP contribution in [0.1, 0.15) is 50.2 Å². The molecule has 0 bridgehead atoms. The third kappa shape index (κ3) is 4.07. The van der Waals surface area contributed by atoms with Crippen LogP contribution in [-0.2, 0) is 11.3 Å². The summed E-state index contributed by atoms with van der Waals surface area (Å²) in [6, 6.07) is 8.61. The van der Waals surface area contributed by atoms with E-state index in [1.54, 1.807) is 0 Å². The van der Waals surface area contributed by atoms with Gasteiger partial charge in [0.25, 0.3) is 0 Å². The van der Waals surface area contributed by atoms with Crippen molar-refractivity contribution in [2.75, 3.05) is 13.1 Å². The van der Waals surface area contributed by atoms with Crippen molar-refractivity contribution in [1.82, 2.24) is 10.6 Å². The highest BCUT2D eigenvalue weighted by atomic mass is 16.1. The summed E-state index contributed by atoms with van der Waals surface area (Å²) in [4.78, 5) is 12.0. The minimum atomic E-state index is 0.142. The third-order valence-electron chi connectivity index (χ3n) is 4.30. The highest BCUT2D eigenvalue weighted by molar-refractivity contribution is 5.78. The second kappa shape index (κ2) is 7.44. The van der Waals surface area contributed by atoms with Crippen molar-refractivity contribution in [3.8, 4) is 0 Å². The Morgan fingerprint density at radius 3 is 2.75 bits per heavy atom. The minimum Gasteiger partial charge on any atom is -0.352 e. The molecule has 2 atom stereocenters. The lowest BCUT2D eigenvalue weighted by Crippen LogP contribution is -2.40. The topological polar surface area (TPSA) is 41.1 Å². The summed E-state index contributed by atoms with van der Waals surface area (Å²) < 4.78 is 0. The molecule has 0 radical (unpaired) electrons. The molecule has 1 aliphatic heterocycles. The van der Waals surface area contributed by atoms with Crippen molar-refractivity contribution in [3.63, 3.8) is 0 Å². The number of carbonyl (C=O) groups excluding carboxylic acids is 1. The van der Waals surface area contributed by atoms with Crippen molar-refractivity contribution in [2.24, 2.45) is 5.92 Å². The number of amides is 1. The second-order valence-electron chi connectivity index (χ2n) is 5.81. The highest BCUT2D eigenvalue weighted by Crippen LogP contribution is 2.18. The number of benzene rings is 1. The van der Waals surface area contributed by atoms with Gasteiger partial charge in [-0.3, -0.25) is 4.79 Å². The van der Waals surface area contributed by atoms with Crippen LogP contribution >= 0.6 is 0 Å². The molecule has 1 amide bonds. The zero-order valence-electron chi connectivity index (χ0n) is 12.6. The quantitative estimate of drug-likeness (QED) is 0.867. The maximum absolute atomic E-state index is 12.0. The number of rotatable bonds is 5. The summed E-state index contributed by atoms with van der Waals surface area (Å²) in [7, 11) is 0. The summed E-state index contributed by atoms with van der Waals surface area (Å²) in [6.07, 6.45) is 3.26.